The molecule has 1 N–H and O–H groups in total. The highest BCUT2D eigenvalue weighted by molar-refractivity contribution is 6.41. The van der Waals surface area contributed by atoms with Crippen molar-refractivity contribution >= 4 is 29.1 Å². The molecule has 0 saturated carbocycles. The fourth-order valence-corrected chi connectivity index (χ4v) is 2.49. The SMILES string of the molecule is Cc1ccc(C(=O)NCCCn2nc(C)c(Cl)c2Cl)cc1C. The van der Waals surface area contributed by atoms with E-state index in [9.17, 15) is 4.79 Å². The summed E-state index contributed by atoms with van der Waals surface area (Å²) in [5.41, 5.74) is 3.68. The Morgan fingerprint density at radius 2 is 1.95 bits per heavy atom. The lowest BCUT2D eigenvalue weighted by atomic mass is 10.1. The monoisotopic (exact) mass is 339 g/mol. The zero-order chi connectivity index (χ0) is 16.3. The maximum atomic E-state index is 12.1. The molecule has 2 rings (SSSR count). The number of halogens is 2. The molecule has 0 aliphatic rings. The van der Waals surface area contributed by atoms with Crippen LogP contribution in [0.25, 0.3) is 0 Å². The van der Waals surface area contributed by atoms with Crippen LogP contribution in [0, 0.1) is 20.8 Å². The molecule has 0 aliphatic heterocycles. The minimum Gasteiger partial charge on any atom is -0.352 e. The van der Waals surface area contributed by atoms with E-state index in [1.54, 1.807) is 4.68 Å². The highest BCUT2D eigenvalue weighted by atomic mass is 35.5. The first kappa shape index (κ1) is 16.8. The van der Waals surface area contributed by atoms with Gasteiger partial charge in [-0.1, -0.05) is 29.3 Å². The molecule has 0 bridgehead atoms. The summed E-state index contributed by atoms with van der Waals surface area (Å²) in [5.74, 6) is -0.0659. The van der Waals surface area contributed by atoms with Crippen LogP contribution in [-0.2, 0) is 6.54 Å². The Bertz CT molecular complexity index is 695. The molecule has 4 nitrogen and oxygen atoms in total. The largest absolute Gasteiger partial charge is 0.352 e. The molecular weight excluding hydrogens is 321 g/mol. The van der Waals surface area contributed by atoms with Crippen molar-refractivity contribution in [2.45, 2.75) is 33.7 Å². The first-order valence-corrected chi connectivity index (χ1v) is 7.89. The summed E-state index contributed by atoms with van der Waals surface area (Å²) in [4.78, 5) is 12.1. The zero-order valence-corrected chi connectivity index (χ0v) is 14.4. The second-order valence-electron chi connectivity index (χ2n) is 5.32. The van der Waals surface area contributed by atoms with Gasteiger partial charge in [0, 0.05) is 18.7 Å². The molecule has 0 fully saturated rings. The average Bonchev–Trinajstić information content (AvgIpc) is 2.73. The molecule has 1 heterocycles. The van der Waals surface area contributed by atoms with Crippen LogP contribution in [0.1, 0.15) is 33.6 Å². The van der Waals surface area contributed by atoms with Gasteiger partial charge in [-0.25, -0.2) is 0 Å². The molecule has 0 aliphatic carbocycles. The molecule has 0 radical (unpaired) electrons. The molecule has 22 heavy (non-hydrogen) atoms. The van der Waals surface area contributed by atoms with Crippen molar-refractivity contribution in [2.75, 3.05) is 6.54 Å². The van der Waals surface area contributed by atoms with Crippen LogP contribution in [0.5, 0.6) is 0 Å². The van der Waals surface area contributed by atoms with Crippen molar-refractivity contribution in [2.24, 2.45) is 0 Å². The Balaban J connectivity index is 1.84. The second-order valence-corrected chi connectivity index (χ2v) is 6.06. The number of aromatic nitrogens is 2. The maximum Gasteiger partial charge on any atom is 0.251 e. The smallest absolute Gasteiger partial charge is 0.251 e. The summed E-state index contributed by atoms with van der Waals surface area (Å²) in [6, 6.07) is 5.70. The van der Waals surface area contributed by atoms with E-state index in [0.717, 1.165) is 12.0 Å². The summed E-state index contributed by atoms with van der Waals surface area (Å²) in [7, 11) is 0. The van der Waals surface area contributed by atoms with Crippen molar-refractivity contribution in [1.82, 2.24) is 15.1 Å². The number of carbonyl (C=O) groups excluding carboxylic acids is 1. The Hall–Kier alpha value is -1.52. The first-order chi connectivity index (χ1) is 10.4. The van der Waals surface area contributed by atoms with Crippen molar-refractivity contribution in [1.29, 1.82) is 0 Å². The number of benzene rings is 1. The predicted molar refractivity (Wildman–Crippen MR) is 89.9 cm³/mol. The number of rotatable bonds is 5. The van der Waals surface area contributed by atoms with Gasteiger partial charge in [-0.2, -0.15) is 5.10 Å². The Morgan fingerprint density at radius 3 is 2.55 bits per heavy atom. The molecule has 118 valence electrons. The van der Waals surface area contributed by atoms with Crippen molar-refractivity contribution in [3.8, 4) is 0 Å². The minimum atomic E-state index is -0.0659. The van der Waals surface area contributed by atoms with E-state index in [0.29, 0.717) is 34.5 Å². The molecule has 2 aromatic rings. The van der Waals surface area contributed by atoms with Crippen LogP contribution < -0.4 is 5.32 Å². The van der Waals surface area contributed by atoms with Crippen LogP contribution in [0.15, 0.2) is 18.2 Å². The number of amides is 1. The summed E-state index contributed by atoms with van der Waals surface area (Å²) >= 11 is 12.0. The summed E-state index contributed by atoms with van der Waals surface area (Å²) in [6.07, 6.45) is 0.730. The van der Waals surface area contributed by atoms with Gasteiger partial charge in [0.15, 0.2) is 0 Å². The van der Waals surface area contributed by atoms with Gasteiger partial charge in [0.1, 0.15) is 10.2 Å². The van der Waals surface area contributed by atoms with Gasteiger partial charge in [-0.3, -0.25) is 9.48 Å². The molecule has 0 spiro atoms. The topological polar surface area (TPSA) is 46.9 Å². The van der Waals surface area contributed by atoms with Gasteiger partial charge in [-0.05, 0) is 50.5 Å². The van der Waals surface area contributed by atoms with Crippen LogP contribution in [0.4, 0.5) is 0 Å². The van der Waals surface area contributed by atoms with E-state index >= 15 is 0 Å². The Morgan fingerprint density at radius 1 is 1.23 bits per heavy atom. The fraction of sp³-hybridized carbons (Fsp3) is 0.375. The molecule has 1 amide bonds. The second kappa shape index (κ2) is 7.16. The average molecular weight is 340 g/mol. The number of hydrogen-bond donors (Lipinski definition) is 1. The predicted octanol–water partition coefficient (Wildman–Crippen LogP) is 3.94. The summed E-state index contributed by atoms with van der Waals surface area (Å²) in [6.45, 7) is 7.00. The number of nitrogens with zero attached hydrogens (tertiary/aromatic N) is 2. The van der Waals surface area contributed by atoms with Crippen molar-refractivity contribution in [3.63, 3.8) is 0 Å². The van der Waals surface area contributed by atoms with E-state index in [1.165, 1.54) is 5.56 Å². The third-order valence-corrected chi connectivity index (χ3v) is 4.53. The standard InChI is InChI=1S/C16H19Cl2N3O/c1-10-5-6-13(9-11(10)2)16(22)19-7-4-8-21-15(18)14(17)12(3)20-21/h5-6,9H,4,7-8H2,1-3H3,(H,19,22). The minimum absolute atomic E-state index is 0.0659. The Kier molecular flexibility index (Phi) is 5.48. The quantitative estimate of drug-likeness (QED) is 0.838. The lowest BCUT2D eigenvalue weighted by Gasteiger charge is -2.08. The lowest BCUT2D eigenvalue weighted by Crippen LogP contribution is -2.25. The Labute approximate surface area is 140 Å². The van der Waals surface area contributed by atoms with Gasteiger partial charge in [0.05, 0.1) is 5.69 Å². The third-order valence-electron chi connectivity index (χ3n) is 3.60. The molecule has 6 heteroatoms. The van der Waals surface area contributed by atoms with Crippen LogP contribution >= 0.6 is 23.2 Å². The van der Waals surface area contributed by atoms with Crippen molar-refractivity contribution < 1.29 is 4.79 Å². The number of aryl methyl sites for hydroxylation is 4. The number of nitrogens with one attached hydrogen (secondary N) is 1. The van der Waals surface area contributed by atoms with E-state index in [1.807, 2.05) is 39.0 Å². The van der Waals surface area contributed by atoms with Crippen LogP contribution in [0.3, 0.4) is 0 Å². The van der Waals surface area contributed by atoms with Gasteiger partial charge in [0.2, 0.25) is 0 Å². The molecule has 0 unspecified atom stereocenters. The van der Waals surface area contributed by atoms with Crippen LogP contribution in [0.2, 0.25) is 10.2 Å². The van der Waals surface area contributed by atoms with Gasteiger partial charge in [0.25, 0.3) is 5.91 Å². The maximum absolute atomic E-state index is 12.1. The molecular formula is C16H19Cl2N3O. The third kappa shape index (κ3) is 3.81. The number of hydrogen-bond acceptors (Lipinski definition) is 2. The van der Waals surface area contributed by atoms with Gasteiger partial charge in [-0.15, -0.1) is 0 Å². The highest BCUT2D eigenvalue weighted by Gasteiger charge is 2.11. The van der Waals surface area contributed by atoms with Crippen LogP contribution in [-0.4, -0.2) is 22.2 Å². The summed E-state index contributed by atoms with van der Waals surface area (Å²) < 4.78 is 1.65. The van der Waals surface area contributed by atoms with Gasteiger partial charge >= 0.3 is 0 Å². The van der Waals surface area contributed by atoms with E-state index in [2.05, 4.69) is 10.4 Å². The lowest BCUT2D eigenvalue weighted by molar-refractivity contribution is 0.0952. The fourth-order valence-electron chi connectivity index (χ4n) is 2.10. The van der Waals surface area contributed by atoms with Crippen molar-refractivity contribution in [3.05, 3.63) is 50.8 Å². The molecule has 0 atom stereocenters. The summed E-state index contributed by atoms with van der Waals surface area (Å²) in [5, 5.41) is 8.08. The zero-order valence-electron chi connectivity index (χ0n) is 12.9. The molecule has 1 aromatic heterocycles. The normalized spacial score (nSPS) is 10.8. The number of carbonyl (C=O) groups is 1. The molecule has 1 aromatic carbocycles. The first-order valence-electron chi connectivity index (χ1n) is 7.14. The van der Waals surface area contributed by atoms with Gasteiger partial charge < -0.3 is 5.32 Å². The molecule has 0 saturated heterocycles. The van der Waals surface area contributed by atoms with E-state index in [-0.39, 0.29) is 5.91 Å². The highest BCUT2D eigenvalue weighted by Crippen LogP contribution is 2.24. The van der Waals surface area contributed by atoms with E-state index < -0.39 is 0 Å². The van der Waals surface area contributed by atoms with E-state index in [4.69, 9.17) is 23.2 Å².